The number of sulfone groups is 1. The molecule has 0 saturated heterocycles. The van der Waals surface area contributed by atoms with Gasteiger partial charge in [0.2, 0.25) is 11.8 Å². The van der Waals surface area contributed by atoms with Crippen molar-refractivity contribution in [1.82, 2.24) is 10.6 Å². The number of esters is 1. The third kappa shape index (κ3) is 34.8. The molecule has 0 rings (SSSR count). The molecular weight excluding hydrogens is 620 g/mol. The van der Waals surface area contributed by atoms with Crippen LogP contribution < -0.4 is 10.6 Å². The summed E-state index contributed by atoms with van der Waals surface area (Å²) in [5.41, 5.74) is 0. The number of ether oxygens (including phenoxy) is 1. The molecule has 47 heavy (non-hydrogen) atoms. The zero-order chi connectivity index (χ0) is 39.0. The minimum absolute atomic E-state index is 0.00235. The van der Waals surface area contributed by atoms with Crippen LogP contribution in [0.2, 0.25) is 0 Å². The Hall–Kier alpha value is -2.30. The van der Waals surface area contributed by atoms with E-state index < -0.39 is 9.84 Å². The van der Waals surface area contributed by atoms with E-state index in [1.807, 2.05) is 96.9 Å². The molecule has 282 valence electrons. The summed E-state index contributed by atoms with van der Waals surface area (Å²) in [7, 11) is -2.81. The predicted molar refractivity (Wildman–Crippen MR) is 196 cm³/mol. The van der Waals surface area contributed by atoms with E-state index in [0.29, 0.717) is 5.78 Å². The lowest BCUT2D eigenvalue weighted by atomic mass is 9.99. The molecule has 0 aromatic heterocycles. The van der Waals surface area contributed by atoms with Gasteiger partial charge in [-0.15, -0.1) is 0 Å². The lowest BCUT2D eigenvalue weighted by molar-refractivity contribution is -0.151. The molecule has 2 amide bonds. The second-order valence-electron chi connectivity index (χ2n) is 14.4. The van der Waals surface area contributed by atoms with Crippen molar-refractivity contribution >= 4 is 39.2 Å². The number of nitrogens with one attached hydrogen (secondary N) is 2. The van der Waals surface area contributed by atoms with Gasteiger partial charge in [-0.25, -0.2) is 8.42 Å². The van der Waals surface area contributed by atoms with Gasteiger partial charge >= 0.3 is 5.97 Å². The number of hydrogen-bond donors (Lipinski definition) is 2. The van der Waals surface area contributed by atoms with E-state index in [-0.39, 0.29) is 88.3 Å². The lowest BCUT2D eigenvalue weighted by Gasteiger charge is -2.09. The summed E-state index contributed by atoms with van der Waals surface area (Å²) in [6, 6.07) is 0.264. The van der Waals surface area contributed by atoms with Crippen LogP contribution in [-0.2, 0) is 38.5 Å². The summed E-state index contributed by atoms with van der Waals surface area (Å²) in [6.45, 7) is 37.0. The molecule has 0 unspecified atom stereocenters. The number of carbonyl (C=O) groups excluding carboxylic acids is 5. The molecule has 0 atom stereocenters. The third-order valence-electron chi connectivity index (χ3n) is 5.84. The Bertz CT molecular complexity index is 909. The molecule has 0 bridgehead atoms. The maximum Gasteiger partial charge on any atom is 0.308 e. The van der Waals surface area contributed by atoms with Crippen molar-refractivity contribution in [3.8, 4) is 0 Å². The van der Waals surface area contributed by atoms with Crippen molar-refractivity contribution in [2.24, 2.45) is 35.5 Å². The van der Waals surface area contributed by atoms with Gasteiger partial charge in [0.05, 0.1) is 29.1 Å². The van der Waals surface area contributed by atoms with Crippen molar-refractivity contribution in [1.29, 1.82) is 0 Å². The highest BCUT2D eigenvalue weighted by atomic mass is 32.2. The van der Waals surface area contributed by atoms with Crippen LogP contribution in [0.4, 0.5) is 0 Å². The summed E-state index contributed by atoms with van der Waals surface area (Å²) >= 11 is 0. The monoisotopic (exact) mass is 695 g/mol. The Kier molecular flexibility index (Phi) is 33.1. The first-order chi connectivity index (χ1) is 21.0. The van der Waals surface area contributed by atoms with Gasteiger partial charge in [-0.2, -0.15) is 0 Å². The topological polar surface area (TPSA) is 153 Å². The number of carbonyl (C=O) groups is 5. The smallest absolute Gasteiger partial charge is 0.308 e. The van der Waals surface area contributed by atoms with Crippen LogP contribution in [0, 0.1) is 35.5 Å². The highest BCUT2D eigenvalue weighted by Crippen LogP contribution is 2.07. The fourth-order valence-electron chi connectivity index (χ4n) is 2.61. The van der Waals surface area contributed by atoms with Crippen molar-refractivity contribution in [2.75, 3.05) is 6.54 Å². The van der Waals surface area contributed by atoms with Gasteiger partial charge in [-0.05, 0) is 55.4 Å². The largest absolute Gasteiger partial charge is 0.463 e. The first-order valence-electron chi connectivity index (χ1n) is 17.0. The first-order valence-corrected chi connectivity index (χ1v) is 18.6. The third-order valence-corrected chi connectivity index (χ3v) is 8.46. The summed E-state index contributed by atoms with van der Waals surface area (Å²) < 4.78 is 26.9. The van der Waals surface area contributed by atoms with E-state index in [1.54, 1.807) is 41.5 Å². The molecule has 0 saturated carbocycles. The molecule has 0 aromatic rings. The van der Waals surface area contributed by atoms with Gasteiger partial charge in [0, 0.05) is 35.6 Å². The number of rotatable bonds is 12. The lowest BCUT2D eigenvalue weighted by Crippen LogP contribution is -2.34. The fourth-order valence-corrected chi connectivity index (χ4v) is 3.70. The molecule has 0 aliphatic rings. The number of amides is 2. The molecule has 0 aliphatic carbocycles. The normalized spacial score (nSPS) is 11.0. The van der Waals surface area contributed by atoms with Crippen molar-refractivity contribution in [3.63, 3.8) is 0 Å². The molecule has 10 nitrogen and oxygen atoms in total. The minimum Gasteiger partial charge on any atom is -0.463 e. The maximum absolute atomic E-state index is 11.1. The quantitative estimate of drug-likeness (QED) is 0.211. The van der Waals surface area contributed by atoms with Gasteiger partial charge in [-0.1, -0.05) is 83.1 Å². The second-order valence-corrected chi connectivity index (χ2v) is 17.4. The Labute approximate surface area is 289 Å². The number of Topliss-reactive ketones (excluding diaryl/α,β-unsaturated/α-hetero) is 2. The zero-order valence-electron chi connectivity index (χ0n) is 33.7. The van der Waals surface area contributed by atoms with Crippen LogP contribution in [-0.4, -0.2) is 67.0 Å². The van der Waals surface area contributed by atoms with E-state index in [9.17, 15) is 32.4 Å². The molecule has 0 fully saturated rings. The molecule has 11 heteroatoms. The second kappa shape index (κ2) is 28.7. The maximum atomic E-state index is 11.1. The van der Waals surface area contributed by atoms with Crippen molar-refractivity contribution in [2.45, 2.75) is 161 Å². The van der Waals surface area contributed by atoms with Crippen LogP contribution >= 0.6 is 0 Å². The van der Waals surface area contributed by atoms with Gasteiger partial charge in [0.15, 0.2) is 15.6 Å². The highest BCUT2D eigenvalue weighted by molar-refractivity contribution is 7.92. The van der Waals surface area contributed by atoms with E-state index >= 15 is 0 Å². The van der Waals surface area contributed by atoms with E-state index in [4.69, 9.17) is 4.74 Å². The van der Waals surface area contributed by atoms with Crippen LogP contribution in [0.3, 0.4) is 0 Å². The predicted octanol–water partition coefficient (Wildman–Crippen LogP) is 6.83. The van der Waals surface area contributed by atoms with E-state index in [1.165, 1.54) is 0 Å². The average molecular weight is 695 g/mol. The van der Waals surface area contributed by atoms with Crippen LogP contribution in [0.1, 0.15) is 138 Å². The highest BCUT2D eigenvalue weighted by Gasteiger charge is 2.19. The summed E-state index contributed by atoms with van der Waals surface area (Å²) in [5.74, 6) is 0.820. The van der Waals surface area contributed by atoms with Gasteiger partial charge < -0.3 is 15.4 Å². The zero-order valence-corrected chi connectivity index (χ0v) is 34.5. The van der Waals surface area contributed by atoms with Crippen LogP contribution in [0.5, 0.6) is 0 Å². The van der Waals surface area contributed by atoms with Crippen molar-refractivity contribution < 1.29 is 37.1 Å². The van der Waals surface area contributed by atoms with Gasteiger partial charge in [0.1, 0.15) is 5.78 Å². The number of ketones is 2. The Morgan fingerprint density at radius 2 is 0.872 bits per heavy atom. The Morgan fingerprint density at radius 1 is 0.511 bits per heavy atom. The summed E-state index contributed by atoms with van der Waals surface area (Å²) in [6.07, 6.45) is 0.0138. The van der Waals surface area contributed by atoms with Gasteiger partial charge in [0.25, 0.3) is 0 Å². The molecule has 0 aliphatic heterocycles. The van der Waals surface area contributed by atoms with Crippen LogP contribution in [0.15, 0.2) is 0 Å². The van der Waals surface area contributed by atoms with Gasteiger partial charge in [-0.3, -0.25) is 24.0 Å². The average Bonchev–Trinajstić information content (AvgIpc) is 2.91. The molecular formula is C36H74N2O8S. The van der Waals surface area contributed by atoms with E-state index in [2.05, 4.69) is 10.6 Å². The van der Waals surface area contributed by atoms with Crippen molar-refractivity contribution in [3.05, 3.63) is 0 Å². The Morgan fingerprint density at radius 3 is 1.00 bits per heavy atom. The van der Waals surface area contributed by atoms with E-state index in [0.717, 1.165) is 0 Å². The molecule has 0 radical (unpaired) electrons. The minimum atomic E-state index is -2.81. The molecule has 0 spiro atoms. The molecule has 0 heterocycles. The summed E-state index contributed by atoms with van der Waals surface area (Å²) in [5, 5.41) is 4.90. The van der Waals surface area contributed by atoms with Crippen LogP contribution in [0.25, 0.3) is 0 Å². The fraction of sp³-hybridized carbons (Fsp3) is 0.861. The summed E-state index contributed by atoms with van der Waals surface area (Å²) in [4.78, 5) is 54.5. The first kappa shape index (κ1) is 54.2. The Balaban J connectivity index is -0.000000158. The SMILES string of the molecule is CC(C)C(=O)C(C)C.CC(C)C(=O)CNC(=O)C(C)C.CC(C)NC(=O)C(C)C.CC(C)OC(=O)C(C)C.CC(C)S(=O)(=O)C(C)C. The standard InChI is InChI=1S/C9H17NO2.C7H15NO.C7H14O2.C7H14O.C6H14O2S/c1-6(2)8(11)5-10-9(12)7(3)4;1-5(2)7(9)8-6(3)4;1-5(2)7(8)9-6(3)4;1-5(2)7(8)6(3)4;1-5(2)9(7,8)6(3)4/h6-7H,5H2,1-4H3,(H,10,12);5-6H,1-4H3,(H,8,9);5-6H,1-4H3;5-6H,1-4H3;5-6H,1-4H3. The molecule has 2 N–H and O–H groups in total. The molecule has 0 aromatic carbocycles. The number of hydrogen-bond acceptors (Lipinski definition) is 8.